The Morgan fingerprint density at radius 3 is 2.65 bits per heavy atom. The van der Waals surface area contributed by atoms with Crippen molar-refractivity contribution in [3.63, 3.8) is 0 Å². The van der Waals surface area contributed by atoms with Gasteiger partial charge in [-0.15, -0.1) is 0 Å². The second-order valence-electron chi connectivity index (χ2n) is 8.27. The average Bonchev–Trinajstić information content (AvgIpc) is 3.08. The number of aryl methyl sites for hydroxylation is 2. The predicted octanol–water partition coefficient (Wildman–Crippen LogP) is 4.47. The summed E-state index contributed by atoms with van der Waals surface area (Å²) in [4.78, 5) is 10.9. The number of nitriles is 1. The van der Waals surface area contributed by atoms with Gasteiger partial charge >= 0.3 is 0 Å². The highest BCUT2D eigenvalue weighted by atomic mass is 15.3. The number of rotatable bonds is 6. The molecule has 0 unspecified atom stereocenters. The van der Waals surface area contributed by atoms with Gasteiger partial charge in [0.05, 0.1) is 34.5 Å². The third-order valence-corrected chi connectivity index (χ3v) is 5.84. The lowest BCUT2D eigenvalue weighted by Gasteiger charge is -2.22. The van der Waals surface area contributed by atoms with Gasteiger partial charge in [0.25, 0.3) is 0 Å². The van der Waals surface area contributed by atoms with Crippen molar-refractivity contribution in [1.29, 1.82) is 5.26 Å². The molecule has 3 aromatic heterocycles. The van der Waals surface area contributed by atoms with E-state index in [1.54, 1.807) is 12.4 Å². The molecule has 0 aliphatic heterocycles. The van der Waals surface area contributed by atoms with Crippen molar-refractivity contribution in [3.8, 4) is 17.2 Å². The van der Waals surface area contributed by atoms with Crippen LogP contribution in [0.4, 0.5) is 11.5 Å². The lowest BCUT2D eigenvalue weighted by molar-refractivity contribution is 0.408. The quantitative estimate of drug-likeness (QED) is 0.642. The van der Waals surface area contributed by atoms with Gasteiger partial charge in [-0.2, -0.15) is 10.4 Å². The van der Waals surface area contributed by atoms with Crippen LogP contribution in [0.3, 0.4) is 0 Å². The van der Waals surface area contributed by atoms with Crippen molar-refractivity contribution in [3.05, 3.63) is 59.8 Å². The maximum Gasteiger partial charge on any atom is 0.146 e. The third kappa shape index (κ3) is 4.02. The van der Waals surface area contributed by atoms with Crippen LogP contribution < -0.4 is 10.2 Å². The SMILES string of the molecule is C=C(Nc1cnc(C)c(-c2cnc(N(C)C)c(C#N)c2)c1)c1cc(C2CCC2)nn1C. The minimum Gasteiger partial charge on any atom is -0.362 e. The molecular formula is C24H27N7. The molecule has 0 spiro atoms. The van der Waals surface area contributed by atoms with E-state index in [0.717, 1.165) is 39.6 Å². The Bertz CT molecular complexity index is 1180. The molecule has 1 N–H and O–H groups in total. The third-order valence-electron chi connectivity index (χ3n) is 5.84. The summed E-state index contributed by atoms with van der Waals surface area (Å²) >= 11 is 0. The molecule has 0 saturated heterocycles. The van der Waals surface area contributed by atoms with Crippen LogP contribution in [0.2, 0.25) is 0 Å². The van der Waals surface area contributed by atoms with Crippen LogP contribution in [-0.4, -0.2) is 33.8 Å². The molecule has 7 heteroatoms. The zero-order valence-corrected chi connectivity index (χ0v) is 18.5. The molecule has 3 aromatic rings. The van der Waals surface area contributed by atoms with Gasteiger partial charge in [-0.05, 0) is 38.0 Å². The number of anilines is 2. The van der Waals surface area contributed by atoms with Crippen molar-refractivity contribution >= 4 is 17.2 Å². The topological polar surface area (TPSA) is 82.7 Å². The molecule has 1 aliphatic rings. The van der Waals surface area contributed by atoms with Crippen LogP contribution >= 0.6 is 0 Å². The molecule has 4 rings (SSSR count). The monoisotopic (exact) mass is 413 g/mol. The average molecular weight is 414 g/mol. The molecule has 31 heavy (non-hydrogen) atoms. The fourth-order valence-corrected chi connectivity index (χ4v) is 3.85. The summed E-state index contributed by atoms with van der Waals surface area (Å²) < 4.78 is 1.88. The van der Waals surface area contributed by atoms with Crippen molar-refractivity contribution in [1.82, 2.24) is 19.7 Å². The van der Waals surface area contributed by atoms with Crippen LogP contribution in [0.1, 0.15) is 47.8 Å². The van der Waals surface area contributed by atoms with Gasteiger partial charge in [0.1, 0.15) is 11.9 Å². The maximum absolute atomic E-state index is 9.53. The number of nitrogens with one attached hydrogen (secondary N) is 1. The highest BCUT2D eigenvalue weighted by Gasteiger charge is 2.23. The smallest absolute Gasteiger partial charge is 0.146 e. The van der Waals surface area contributed by atoms with Gasteiger partial charge in [0, 0.05) is 50.1 Å². The highest BCUT2D eigenvalue weighted by molar-refractivity contribution is 5.78. The first-order chi connectivity index (χ1) is 14.9. The Morgan fingerprint density at radius 1 is 1.23 bits per heavy atom. The van der Waals surface area contributed by atoms with E-state index in [2.05, 4.69) is 39.1 Å². The molecule has 1 aliphatic carbocycles. The first kappa shape index (κ1) is 20.6. The first-order valence-corrected chi connectivity index (χ1v) is 10.4. The van der Waals surface area contributed by atoms with E-state index in [-0.39, 0.29) is 0 Å². The molecule has 0 amide bonds. The molecule has 0 atom stereocenters. The Balaban J connectivity index is 1.61. The Morgan fingerprint density at radius 2 is 2.00 bits per heavy atom. The lowest BCUT2D eigenvalue weighted by atomic mass is 9.83. The summed E-state index contributed by atoms with van der Waals surface area (Å²) in [5.41, 5.74) is 6.89. The van der Waals surface area contributed by atoms with Gasteiger partial charge in [-0.3, -0.25) is 9.67 Å². The van der Waals surface area contributed by atoms with Crippen LogP contribution in [0.5, 0.6) is 0 Å². The summed E-state index contributed by atoms with van der Waals surface area (Å²) in [6.07, 6.45) is 7.29. The predicted molar refractivity (Wildman–Crippen MR) is 124 cm³/mol. The second kappa shape index (κ2) is 8.23. The summed E-state index contributed by atoms with van der Waals surface area (Å²) in [6, 6.07) is 8.24. The van der Waals surface area contributed by atoms with Crippen LogP contribution in [0.15, 0.2) is 37.2 Å². The molecule has 0 bridgehead atoms. The lowest BCUT2D eigenvalue weighted by Crippen LogP contribution is -2.12. The highest BCUT2D eigenvalue weighted by Crippen LogP contribution is 2.36. The summed E-state index contributed by atoms with van der Waals surface area (Å²) in [5.74, 6) is 1.23. The maximum atomic E-state index is 9.53. The fraction of sp³-hybridized carbons (Fsp3) is 0.333. The summed E-state index contributed by atoms with van der Waals surface area (Å²) in [6.45, 7) is 6.17. The zero-order chi connectivity index (χ0) is 22.1. The molecule has 7 nitrogen and oxygen atoms in total. The van der Waals surface area contributed by atoms with E-state index in [9.17, 15) is 5.26 Å². The number of aromatic nitrogens is 4. The second-order valence-corrected chi connectivity index (χ2v) is 8.27. The Kier molecular flexibility index (Phi) is 5.47. The van der Waals surface area contributed by atoms with Crippen LogP contribution in [0.25, 0.3) is 16.8 Å². The van der Waals surface area contributed by atoms with E-state index >= 15 is 0 Å². The van der Waals surface area contributed by atoms with Gasteiger partial charge in [0.15, 0.2) is 0 Å². The van der Waals surface area contributed by atoms with Gasteiger partial charge in [0.2, 0.25) is 0 Å². The molecule has 158 valence electrons. The standard InChI is InChI=1S/C24H27N7/c1-15-21(19-9-18(12-25)24(27-13-19)30(3)4)10-20(14-26-15)28-16(2)23-11-22(29-31(23)5)17-7-6-8-17/h9-11,13-14,17,28H,2,6-8H2,1,3-5H3. The minimum atomic E-state index is 0.531. The van der Waals surface area contributed by atoms with Gasteiger partial charge < -0.3 is 10.2 Å². The van der Waals surface area contributed by atoms with E-state index in [1.807, 2.05) is 49.8 Å². The molecule has 1 saturated carbocycles. The zero-order valence-electron chi connectivity index (χ0n) is 18.5. The van der Waals surface area contributed by atoms with E-state index < -0.39 is 0 Å². The van der Waals surface area contributed by atoms with Crippen molar-refractivity contribution in [2.45, 2.75) is 32.1 Å². The van der Waals surface area contributed by atoms with Crippen molar-refractivity contribution < 1.29 is 0 Å². The van der Waals surface area contributed by atoms with Crippen molar-refractivity contribution in [2.75, 3.05) is 24.3 Å². The molecule has 1 fully saturated rings. The largest absolute Gasteiger partial charge is 0.362 e. The number of hydrogen-bond acceptors (Lipinski definition) is 6. The Hall–Kier alpha value is -3.66. The van der Waals surface area contributed by atoms with E-state index in [0.29, 0.717) is 17.3 Å². The number of pyridine rings is 2. The minimum absolute atomic E-state index is 0.531. The molecule has 3 heterocycles. The molecular weight excluding hydrogens is 386 g/mol. The summed E-state index contributed by atoms with van der Waals surface area (Å²) in [5, 5.41) is 17.6. The molecule has 0 aromatic carbocycles. The first-order valence-electron chi connectivity index (χ1n) is 10.4. The van der Waals surface area contributed by atoms with Gasteiger partial charge in [-0.25, -0.2) is 4.98 Å². The fourth-order valence-electron chi connectivity index (χ4n) is 3.85. The summed E-state index contributed by atoms with van der Waals surface area (Å²) in [7, 11) is 5.70. The van der Waals surface area contributed by atoms with Crippen LogP contribution in [-0.2, 0) is 7.05 Å². The van der Waals surface area contributed by atoms with E-state index in [4.69, 9.17) is 0 Å². The molecule has 0 radical (unpaired) electrons. The van der Waals surface area contributed by atoms with Gasteiger partial charge in [-0.1, -0.05) is 13.0 Å². The van der Waals surface area contributed by atoms with E-state index in [1.165, 1.54) is 19.3 Å². The van der Waals surface area contributed by atoms with Crippen LogP contribution in [0, 0.1) is 18.3 Å². The van der Waals surface area contributed by atoms with Crippen molar-refractivity contribution in [2.24, 2.45) is 7.05 Å². The number of hydrogen-bond donors (Lipinski definition) is 1. The normalized spacial score (nSPS) is 13.4. The number of nitrogens with zero attached hydrogens (tertiary/aromatic N) is 6. The Labute approximate surface area is 183 Å².